The van der Waals surface area contributed by atoms with Crippen LogP contribution in [-0.4, -0.2) is 42.5 Å². The van der Waals surface area contributed by atoms with Gasteiger partial charge in [-0.2, -0.15) is 9.78 Å². The molecule has 0 radical (unpaired) electrons. The summed E-state index contributed by atoms with van der Waals surface area (Å²) < 4.78 is 26.6. The van der Waals surface area contributed by atoms with Crippen molar-refractivity contribution < 1.29 is 18.3 Å². The Morgan fingerprint density at radius 1 is 1.07 bits per heavy atom. The number of rotatable bonds is 8. The second-order valence-corrected chi connectivity index (χ2v) is 10.5. The van der Waals surface area contributed by atoms with Gasteiger partial charge in [0, 0.05) is 47.5 Å². The van der Waals surface area contributed by atoms with E-state index in [1.807, 2.05) is 25.1 Å². The molecular formula is C33H25ClFN5O4. The van der Waals surface area contributed by atoms with Crippen LogP contribution in [0.3, 0.4) is 0 Å². The van der Waals surface area contributed by atoms with Gasteiger partial charge < -0.3 is 19.4 Å². The molecular weight excluding hydrogens is 585 g/mol. The van der Waals surface area contributed by atoms with E-state index in [2.05, 4.69) is 10.4 Å². The molecule has 0 atom stereocenters. The number of hydrogen-bond acceptors (Lipinski definition) is 7. The first kappa shape index (κ1) is 28.6. The molecule has 6 rings (SSSR count). The van der Waals surface area contributed by atoms with E-state index in [1.54, 1.807) is 66.7 Å². The van der Waals surface area contributed by atoms with Crippen LogP contribution in [0.2, 0.25) is 5.02 Å². The Kier molecular flexibility index (Phi) is 7.82. The summed E-state index contributed by atoms with van der Waals surface area (Å²) in [6.07, 6.45) is 1.46. The summed E-state index contributed by atoms with van der Waals surface area (Å²) in [7, 11) is 3.74. The van der Waals surface area contributed by atoms with Crippen LogP contribution in [0.15, 0.2) is 105 Å². The van der Waals surface area contributed by atoms with Crippen molar-refractivity contribution in [2.75, 3.05) is 30.9 Å². The minimum absolute atomic E-state index is 0.194. The van der Waals surface area contributed by atoms with Crippen LogP contribution in [0.5, 0.6) is 5.75 Å². The van der Waals surface area contributed by atoms with Crippen LogP contribution < -0.4 is 20.5 Å². The maximum Gasteiger partial charge on any atom is 0.282 e. The predicted octanol–water partition coefficient (Wildman–Crippen LogP) is 6.57. The van der Waals surface area contributed by atoms with Gasteiger partial charge in [-0.05, 0) is 66.7 Å². The topological polar surface area (TPSA) is 102 Å². The highest BCUT2D eigenvalue weighted by molar-refractivity contribution is 6.31. The van der Waals surface area contributed by atoms with E-state index < -0.39 is 17.3 Å². The fourth-order valence-corrected chi connectivity index (χ4v) is 4.75. The number of halogens is 2. The molecule has 0 unspecified atom stereocenters. The van der Waals surface area contributed by atoms with Crippen molar-refractivity contribution >= 4 is 57.0 Å². The summed E-state index contributed by atoms with van der Waals surface area (Å²) >= 11 is 6.17. The van der Waals surface area contributed by atoms with Crippen molar-refractivity contribution in [2.45, 2.75) is 0 Å². The lowest BCUT2D eigenvalue weighted by Gasteiger charge is -2.16. The highest BCUT2D eigenvalue weighted by Crippen LogP contribution is 2.29. The Bertz CT molecular complexity index is 2120. The third-order valence-corrected chi connectivity index (χ3v) is 6.98. The molecule has 2 aromatic heterocycles. The van der Waals surface area contributed by atoms with Gasteiger partial charge in [0.2, 0.25) is 5.82 Å². The standard InChI is InChI=1S/C33H25ClFN5O4/c1-39(2)25-12-10-20(29(17-25)43-19-31(41)37-24-7-5-6-23(35)16-24)18-36-40-32(38-27-9-4-3-8-26(27)33(40)42)30-15-21-14-22(34)11-13-28(21)44-30/h3-18H,19H2,1-2H3,(H,37,41). The predicted molar refractivity (Wildman–Crippen MR) is 171 cm³/mol. The molecule has 1 amide bonds. The molecule has 4 aromatic carbocycles. The van der Waals surface area contributed by atoms with Crippen molar-refractivity contribution in [3.8, 4) is 17.3 Å². The number of anilines is 2. The van der Waals surface area contributed by atoms with Crippen molar-refractivity contribution in [2.24, 2.45) is 5.10 Å². The molecule has 0 spiro atoms. The molecule has 0 saturated heterocycles. The monoisotopic (exact) mass is 609 g/mol. The van der Waals surface area contributed by atoms with E-state index in [1.165, 1.54) is 29.1 Å². The Morgan fingerprint density at radius 2 is 1.91 bits per heavy atom. The minimum atomic E-state index is -0.476. The van der Waals surface area contributed by atoms with Gasteiger partial charge in [-0.15, -0.1) is 0 Å². The molecule has 0 aliphatic rings. The lowest BCUT2D eigenvalue weighted by molar-refractivity contribution is -0.118. The number of nitrogens with zero attached hydrogens (tertiary/aromatic N) is 4. The molecule has 0 fully saturated rings. The van der Waals surface area contributed by atoms with Gasteiger partial charge in [-0.25, -0.2) is 9.37 Å². The fourth-order valence-electron chi connectivity index (χ4n) is 4.57. The Hall–Kier alpha value is -5.48. The molecule has 0 aliphatic heterocycles. The van der Waals surface area contributed by atoms with E-state index in [0.717, 1.165) is 11.1 Å². The van der Waals surface area contributed by atoms with Gasteiger partial charge in [-0.1, -0.05) is 29.8 Å². The number of hydrogen-bond donors (Lipinski definition) is 1. The zero-order chi connectivity index (χ0) is 30.8. The first-order valence-electron chi connectivity index (χ1n) is 13.5. The maximum atomic E-state index is 13.7. The Balaban J connectivity index is 1.38. The first-order chi connectivity index (χ1) is 21.2. The zero-order valence-corrected chi connectivity index (χ0v) is 24.4. The summed E-state index contributed by atoms with van der Waals surface area (Å²) in [6.45, 7) is -0.349. The number of carbonyl (C=O) groups is 1. The number of benzene rings is 4. The Labute approximate surface area is 255 Å². The summed E-state index contributed by atoms with van der Waals surface area (Å²) in [4.78, 5) is 32.9. The highest BCUT2D eigenvalue weighted by atomic mass is 35.5. The smallest absolute Gasteiger partial charge is 0.282 e. The largest absolute Gasteiger partial charge is 0.483 e. The molecule has 6 aromatic rings. The van der Waals surface area contributed by atoms with Gasteiger partial charge in [-0.3, -0.25) is 9.59 Å². The van der Waals surface area contributed by atoms with Crippen molar-refractivity contribution in [3.05, 3.63) is 118 Å². The lowest BCUT2D eigenvalue weighted by Crippen LogP contribution is -2.21. The molecule has 1 N–H and O–H groups in total. The van der Waals surface area contributed by atoms with E-state index >= 15 is 0 Å². The van der Waals surface area contributed by atoms with E-state index in [0.29, 0.717) is 44.3 Å². The highest BCUT2D eigenvalue weighted by Gasteiger charge is 2.17. The molecule has 9 nitrogen and oxygen atoms in total. The summed E-state index contributed by atoms with van der Waals surface area (Å²) in [6, 6.07) is 24.9. The third-order valence-electron chi connectivity index (χ3n) is 6.75. The fraction of sp³-hybridized carbons (Fsp3) is 0.0909. The number of para-hydroxylation sites is 1. The number of amides is 1. The molecule has 0 bridgehead atoms. The van der Waals surface area contributed by atoms with Crippen molar-refractivity contribution in [3.63, 3.8) is 0 Å². The zero-order valence-electron chi connectivity index (χ0n) is 23.6. The molecule has 220 valence electrons. The average molecular weight is 610 g/mol. The van der Waals surface area contributed by atoms with Crippen LogP contribution in [0.4, 0.5) is 15.8 Å². The normalized spacial score (nSPS) is 11.4. The molecule has 2 heterocycles. The first-order valence-corrected chi connectivity index (χ1v) is 13.9. The third kappa shape index (κ3) is 6.02. The number of carbonyl (C=O) groups excluding carboxylic acids is 1. The van der Waals surface area contributed by atoms with Gasteiger partial charge >= 0.3 is 0 Å². The van der Waals surface area contributed by atoms with Crippen molar-refractivity contribution in [1.82, 2.24) is 9.66 Å². The second-order valence-electron chi connectivity index (χ2n) is 10.1. The second kappa shape index (κ2) is 12.0. The lowest BCUT2D eigenvalue weighted by atomic mass is 10.2. The summed E-state index contributed by atoms with van der Waals surface area (Å²) in [5.74, 6) is -0.0768. The number of furan rings is 1. The van der Waals surface area contributed by atoms with Crippen LogP contribution in [0, 0.1) is 5.82 Å². The van der Waals surface area contributed by atoms with Crippen LogP contribution in [-0.2, 0) is 4.79 Å². The molecule has 0 saturated carbocycles. The summed E-state index contributed by atoms with van der Waals surface area (Å²) in [5, 5.41) is 8.81. The quantitative estimate of drug-likeness (QED) is 0.196. The molecule has 44 heavy (non-hydrogen) atoms. The molecule has 0 aliphatic carbocycles. The van der Waals surface area contributed by atoms with Crippen LogP contribution in [0.1, 0.15) is 5.56 Å². The van der Waals surface area contributed by atoms with Crippen LogP contribution >= 0.6 is 11.6 Å². The van der Waals surface area contributed by atoms with Gasteiger partial charge in [0.1, 0.15) is 17.1 Å². The van der Waals surface area contributed by atoms with Gasteiger partial charge in [0.05, 0.1) is 17.1 Å². The molecule has 11 heteroatoms. The van der Waals surface area contributed by atoms with Gasteiger partial charge in [0.25, 0.3) is 11.5 Å². The van der Waals surface area contributed by atoms with Gasteiger partial charge in [0.15, 0.2) is 12.4 Å². The van der Waals surface area contributed by atoms with Crippen molar-refractivity contribution in [1.29, 1.82) is 0 Å². The maximum absolute atomic E-state index is 13.7. The average Bonchev–Trinajstić information content (AvgIpc) is 3.43. The number of aromatic nitrogens is 2. The Morgan fingerprint density at radius 3 is 2.73 bits per heavy atom. The van der Waals surface area contributed by atoms with E-state index in [4.69, 9.17) is 25.7 Å². The number of fused-ring (bicyclic) bond motifs is 2. The minimum Gasteiger partial charge on any atom is -0.483 e. The SMILES string of the molecule is CN(C)c1ccc(C=Nn2c(-c3cc4cc(Cl)ccc4o3)nc3ccccc3c2=O)c(OCC(=O)Nc2cccc(F)c2)c1. The van der Waals surface area contributed by atoms with Crippen LogP contribution in [0.25, 0.3) is 33.5 Å². The number of nitrogens with one attached hydrogen (secondary N) is 1. The summed E-state index contributed by atoms with van der Waals surface area (Å²) in [5.41, 5.74) is 2.29. The van der Waals surface area contributed by atoms with E-state index in [9.17, 15) is 14.0 Å². The number of ether oxygens (including phenoxy) is 1. The van der Waals surface area contributed by atoms with E-state index in [-0.39, 0.29) is 12.4 Å².